The van der Waals surface area contributed by atoms with Gasteiger partial charge >= 0.3 is 0 Å². The molecular weight excluding hydrogens is 352 g/mol. The maximum absolute atomic E-state index is 12.2. The van der Waals surface area contributed by atoms with Crippen molar-refractivity contribution in [2.45, 2.75) is 6.92 Å². The van der Waals surface area contributed by atoms with Crippen LogP contribution in [0.15, 0.2) is 60.7 Å². The van der Waals surface area contributed by atoms with E-state index in [-0.39, 0.29) is 17.4 Å². The van der Waals surface area contributed by atoms with E-state index in [0.29, 0.717) is 27.8 Å². The van der Waals surface area contributed by atoms with E-state index in [2.05, 4.69) is 20.8 Å². The van der Waals surface area contributed by atoms with Gasteiger partial charge in [-0.1, -0.05) is 23.7 Å². The van der Waals surface area contributed by atoms with Gasteiger partial charge in [-0.3, -0.25) is 9.59 Å². The first-order valence-electron chi connectivity index (χ1n) is 7.80. The largest absolute Gasteiger partial charge is 0.339 e. The molecule has 0 saturated carbocycles. The summed E-state index contributed by atoms with van der Waals surface area (Å²) in [5.41, 5.74) is 2.11. The van der Waals surface area contributed by atoms with Crippen molar-refractivity contribution in [2.24, 2.45) is 0 Å². The van der Waals surface area contributed by atoms with Crippen LogP contribution in [0.1, 0.15) is 27.8 Å². The van der Waals surface area contributed by atoms with Crippen molar-refractivity contribution in [1.29, 1.82) is 0 Å². The molecule has 6 nitrogen and oxygen atoms in total. The Morgan fingerprint density at radius 1 is 0.923 bits per heavy atom. The molecule has 0 bridgehead atoms. The van der Waals surface area contributed by atoms with E-state index in [0.717, 1.165) is 0 Å². The third-order valence-electron chi connectivity index (χ3n) is 3.54. The zero-order chi connectivity index (χ0) is 18.5. The second kappa shape index (κ2) is 7.76. The molecule has 0 aliphatic heterocycles. The molecule has 0 radical (unpaired) electrons. The van der Waals surface area contributed by atoms with Crippen LogP contribution in [-0.2, 0) is 0 Å². The van der Waals surface area contributed by atoms with Gasteiger partial charge in [-0.05, 0) is 55.5 Å². The fourth-order valence-electron chi connectivity index (χ4n) is 2.21. The lowest BCUT2D eigenvalue weighted by atomic mass is 10.1. The molecule has 0 aliphatic rings. The smallest absolute Gasteiger partial charge is 0.276 e. The summed E-state index contributed by atoms with van der Waals surface area (Å²) in [6.45, 7) is 1.51. The topological polar surface area (TPSA) is 84.0 Å². The molecule has 0 unspecified atom stereocenters. The number of hydrogen-bond donors (Lipinski definition) is 2. The summed E-state index contributed by atoms with van der Waals surface area (Å²) in [6.07, 6.45) is 0. The van der Waals surface area contributed by atoms with Gasteiger partial charge in [-0.15, -0.1) is 10.2 Å². The van der Waals surface area contributed by atoms with Crippen LogP contribution in [0.2, 0.25) is 5.02 Å². The normalized spacial score (nSPS) is 10.2. The first-order valence-corrected chi connectivity index (χ1v) is 8.18. The minimum Gasteiger partial charge on any atom is -0.339 e. The summed E-state index contributed by atoms with van der Waals surface area (Å²) < 4.78 is 0. The molecule has 0 saturated heterocycles. The van der Waals surface area contributed by atoms with E-state index in [4.69, 9.17) is 11.6 Å². The van der Waals surface area contributed by atoms with Crippen LogP contribution in [0.4, 0.5) is 17.2 Å². The number of rotatable bonds is 5. The summed E-state index contributed by atoms with van der Waals surface area (Å²) in [6, 6.07) is 17.0. The number of ketones is 1. The standard InChI is InChI=1S/C19H15ClN4O2/c1-12(25)13-3-2-4-16(11-13)21-18-10-9-17(23-24-18)19(26)22-15-7-5-14(20)6-8-15/h2-11H,1H3,(H,21,24)(H,22,26). The summed E-state index contributed by atoms with van der Waals surface area (Å²) in [5.74, 6) is 0.0765. The minimum absolute atomic E-state index is 0.0195. The van der Waals surface area contributed by atoms with Gasteiger partial charge in [-0.25, -0.2) is 0 Å². The Balaban J connectivity index is 1.68. The Morgan fingerprint density at radius 3 is 2.35 bits per heavy atom. The van der Waals surface area contributed by atoms with Crippen molar-refractivity contribution >= 4 is 40.5 Å². The molecule has 3 aromatic rings. The van der Waals surface area contributed by atoms with Gasteiger partial charge in [0.05, 0.1) is 0 Å². The average molecular weight is 367 g/mol. The Labute approximate surface area is 155 Å². The fraction of sp³-hybridized carbons (Fsp3) is 0.0526. The Morgan fingerprint density at radius 2 is 1.69 bits per heavy atom. The van der Waals surface area contributed by atoms with E-state index in [1.165, 1.54) is 6.92 Å². The molecule has 7 heteroatoms. The van der Waals surface area contributed by atoms with Gasteiger partial charge in [0.25, 0.3) is 5.91 Å². The second-order valence-electron chi connectivity index (χ2n) is 5.53. The van der Waals surface area contributed by atoms with Gasteiger partial charge in [0, 0.05) is 22.0 Å². The summed E-state index contributed by atoms with van der Waals surface area (Å²) in [5, 5.41) is 14.3. The molecule has 2 N–H and O–H groups in total. The number of hydrogen-bond acceptors (Lipinski definition) is 5. The molecule has 0 aliphatic carbocycles. The highest BCUT2D eigenvalue weighted by atomic mass is 35.5. The number of carbonyl (C=O) groups excluding carboxylic acids is 2. The monoisotopic (exact) mass is 366 g/mol. The van der Waals surface area contributed by atoms with Gasteiger partial charge in [0.15, 0.2) is 17.3 Å². The first-order chi connectivity index (χ1) is 12.5. The lowest BCUT2D eigenvalue weighted by Gasteiger charge is -2.07. The maximum Gasteiger partial charge on any atom is 0.276 e. The number of nitrogens with zero attached hydrogens (tertiary/aromatic N) is 2. The zero-order valence-corrected chi connectivity index (χ0v) is 14.6. The Kier molecular flexibility index (Phi) is 5.24. The predicted octanol–water partition coefficient (Wildman–Crippen LogP) is 4.33. The fourth-order valence-corrected chi connectivity index (χ4v) is 2.34. The quantitative estimate of drug-likeness (QED) is 0.656. The molecule has 130 valence electrons. The molecule has 26 heavy (non-hydrogen) atoms. The number of amides is 1. The average Bonchev–Trinajstić information content (AvgIpc) is 2.64. The van der Waals surface area contributed by atoms with Crippen LogP contribution in [0.25, 0.3) is 0 Å². The van der Waals surface area contributed by atoms with Crippen LogP contribution in [0.5, 0.6) is 0 Å². The molecule has 1 aromatic heterocycles. The molecule has 2 aromatic carbocycles. The van der Waals surface area contributed by atoms with Crippen molar-refractivity contribution in [1.82, 2.24) is 10.2 Å². The number of nitrogens with one attached hydrogen (secondary N) is 2. The van der Waals surface area contributed by atoms with Crippen molar-refractivity contribution < 1.29 is 9.59 Å². The zero-order valence-electron chi connectivity index (χ0n) is 13.9. The first kappa shape index (κ1) is 17.6. The van der Waals surface area contributed by atoms with E-state index in [1.54, 1.807) is 54.6 Å². The van der Waals surface area contributed by atoms with Crippen molar-refractivity contribution in [3.05, 3.63) is 76.9 Å². The second-order valence-corrected chi connectivity index (χ2v) is 5.96. The lowest BCUT2D eigenvalue weighted by molar-refractivity contribution is 0.101. The molecule has 0 atom stereocenters. The highest BCUT2D eigenvalue weighted by molar-refractivity contribution is 6.30. The molecule has 1 heterocycles. The molecule has 3 rings (SSSR count). The number of aromatic nitrogens is 2. The van der Waals surface area contributed by atoms with Crippen LogP contribution in [0, 0.1) is 0 Å². The number of carbonyl (C=O) groups is 2. The molecular formula is C19H15ClN4O2. The third kappa shape index (κ3) is 4.43. The third-order valence-corrected chi connectivity index (χ3v) is 3.79. The highest BCUT2D eigenvalue weighted by Gasteiger charge is 2.09. The Hall–Kier alpha value is -3.25. The van der Waals surface area contributed by atoms with Crippen LogP contribution in [-0.4, -0.2) is 21.9 Å². The summed E-state index contributed by atoms with van der Waals surface area (Å²) in [7, 11) is 0. The predicted molar refractivity (Wildman–Crippen MR) is 101 cm³/mol. The van der Waals surface area contributed by atoms with Crippen molar-refractivity contribution in [2.75, 3.05) is 10.6 Å². The van der Waals surface area contributed by atoms with Crippen LogP contribution >= 0.6 is 11.6 Å². The molecule has 1 amide bonds. The Bertz CT molecular complexity index is 941. The van der Waals surface area contributed by atoms with Crippen molar-refractivity contribution in [3.63, 3.8) is 0 Å². The summed E-state index contributed by atoms with van der Waals surface area (Å²) >= 11 is 5.82. The van der Waals surface area contributed by atoms with E-state index in [1.807, 2.05) is 6.07 Å². The van der Waals surface area contributed by atoms with E-state index in [9.17, 15) is 9.59 Å². The highest BCUT2D eigenvalue weighted by Crippen LogP contribution is 2.17. The maximum atomic E-state index is 12.2. The SMILES string of the molecule is CC(=O)c1cccc(Nc2ccc(C(=O)Nc3ccc(Cl)cc3)nn2)c1. The number of benzene rings is 2. The van der Waals surface area contributed by atoms with Gasteiger partial charge in [-0.2, -0.15) is 0 Å². The van der Waals surface area contributed by atoms with E-state index >= 15 is 0 Å². The number of Topliss-reactive ketones (excluding diaryl/α,β-unsaturated/α-hetero) is 1. The molecule has 0 spiro atoms. The lowest BCUT2D eigenvalue weighted by Crippen LogP contribution is -2.14. The van der Waals surface area contributed by atoms with E-state index < -0.39 is 0 Å². The van der Waals surface area contributed by atoms with Crippen LogP contribution < -0.4 is 10.6 Å². The van der Waals surface area contributed by atoms with Crippen LogP contribution in [0.3, 0.4) is 0 Å². The number of halogens is 1. The van der Waals surface area contributed by atoms with Gasteiger partial charge in [0.2, 0.25) is 0 Å². The molecule has 0 fully saturated rings. The van der Waals surface area contributed by atoms with Gasteiger partial charge in [0.1, 0.15) is 0 Å². The summed E-state index contributed by atoms with van der Waals surface area (Å²) in [4.78, 5) is 23.6. The number of anilines is 3. The van der Waals surface area contributed by atoms with Gasteiger partial charge < -0.3 is 10.6 Å². The minimum atomic E-state index is -0.370. The van der Waals surface area contributed by atoms with Crippen molar-refractivity contribution in [3.8, 4) is 0 Å².